The number of methoxy groups -OCH3 is 2. The van der Waals surface area contributed by atoms with E-state index in [4.69, 9.17) is 14.7 Å². The first-order valence-corrected chi connectivity index (χ1v) is 7.10. The van der Waals surface area contributed by atoms with Gasteiger partial charge in [0, 0.05) is 12.6 Å². The van der Waals surface area contributed by atoms with Crippen LogP contribution in [0.3, 0.4) is 0 Å². The highest BCUT2D eigenvalue weighted by Gasteiger charge is 2.23. The van der Waals surface area contributed by atoms with Gasteiger partial charge in [0.05, 0.1) is 26.7 Å². The molecule has 0 saturated carbocycles. The van der Waals surface area contributed by atoms with E-state index in [0.717, 1.165) is 37.4 Å². The summed E-state index contributed by atoms with van der Waals surface area (Å²) in [5.74, 6) is 1.54. The predicted octanol–water partition coefficient (Wildman–Crippen LogP) is 2.62. The van der Waals surface area contributed by atoms with Gasteiger partial charge in [-0.15, -0.1) is 0 Å². The first-order chi connectivity index (χ1) is 9.78. The minimum atomic E-state index is 0.445. The molecule has 1 atom stereocenters. The number of rotatable bonds is 6. The minimum Gasteiger partial charge on any atom is -0.493 e. The second-order valence-corrected chi connectivity index (χ2v) is 5.13. The van der Waals surface area contributed by atoms with Gasteiger partial charge in [-0.05, 0) is 43.5 Å². The molecule has 4 heteroatoms. The molecule has 2 rings (SSSR count). The molecule has 1 aliphatic heterocycles. The molecule has 4 nitrogen and oxygen atoms in total. The van der Waals surface area contributed by atoms with E-state index in [2.05, 4.69) is 17.0 Å². The molecule has 20 heavy (non-hydrogen) atoms. The van der Waals surface area contributed by atoms with Gasteiger partial charge in [0.2, 0.25) is 0 Å². The lowest BCUT2D eigenvalue weighted by Crippen LogP contribution is -2.31. The van der Waals surface area contributed by atoms with Crippen LogP contribution < -0.4 is 9.47 Å². The summed E-state index contributed by atoms with van der Waals surface area (Å²) in [6.45, 7) is 2.11. The predicted molar refractivity (Wildman–Crippen MR) is 78.1 cm³/mol. The standard InChI is InChI=1S/C16H22N2O2/c1-19-15-6-5-13(12-16(15)20-2)8-11-18-10-3-4-14(18)7-9-17/h5-6,12,14H,3-4,7-8,10-11H2,1-2H3/t14-/m0/s1. The summed E-state index contributed by atoms with van der Waals surface area (Å²) in [5.41, 5.74) is 1.24. The van der Waals surface area contributed by atoms with Gasteiger partial charge in [-0.25, -0.2) is 0 Å². The van der Waals surface area contributed by atoms with Crippen molar-refractivity contribution in [3.63, 3.8) is 0 Å². The molecule has 0 aliphatic carbocycles. The van der Waals surface area contributed by atoms with Crippen LogP contribution >= 0.6 is 0 Å². The van der Waals surface area contributed by atoms with Crippen LogP contribution in [0.25, 0.3) is 0 Å². The van der Waals surface area contributed by atoms with Crippen molar-refractivity contribution in [2.45, 2.75) is 31.7 Å². The second-order valence-electron chi connectivity index (χ2n) is 5.13. The number of hydrogen-bond acceptors (Lipinski definition) is 4. The van der Waals surface area contributed by atoms with Gasteiger partial charge < -0.3 is 9.47 Å². The Morgan fingerprint density at radius 3 is 2.80 bits per heavy atom. The highest BCUT2D eigenvalue weighted by atomic mass is 16.5. The first kappa shape index (κ1) is 14.7. The fourth-order valence-corrected chi connectivity index (χ4v) is 2.83. The third-order valence-corrected chi connectivity index (χ3v) is 3.96. The molecule has 1 aromatic carbocycles. The number of ether oxygens (including phenoxy) is 2. The highest BCUT2D eigenvalue weighted by molar-refractivity contribution is 5.42. The van der Waals surface area contributed by atoms with Crippen LogP contribution in [-0.2, 0) is 6.42 Å². The van der Waals surface area contributed by atoms with Crippen LogP contribution in [0, 0.1) is 11.3 Å². The van der Waals surface area contributed by atoms with Crippen LogP contribution in [0.4, 0.5) is 0 Å². The number of nitrogens with zero attached hydrogens (tertiary/aromatic N) is 2. The average molecular weight is 274 g/mol. The summed E-state index contributed by atoms with van der Waals surface area (Å²) >= 11 is 0. The zero-order valence-electron chi connectivity index (χ0n) is 12.3. The van der Waals surface area contributed by atoms with Gasteiger partial charge in [-0.1, -0.05) is 6.07 Å². The summed E-state index contributed by atoms with van der Waals surface area (Å²) in [5, 5.41) is 8.85. The van der Waals surface area contributed by atoms with Crippen LogP contribution in [0.2, 0.25) is 0 Å². The fourth-order valence-electron chi connectivity index (χ4n) is 2.83. The Morgan fingerprint density at radius 2 is 2.10 bits per heavy atom. The van der Waals surface area contributed by atoms with Crippen molar-refractivity contribution in [1.29, 1.82) is 5.26 Å². The molecule has 0 spiro atoms. The Hall–Kier alpha value is -1.73. The summed E-state index contributed by atoms with van der Waals surface area (Å²) in [4.78, 5) is 2.43. The quantitative estimate of drug-likeness (QED) is 0.800. The SMILES string of the molecule is COc1ccc(CCN2CCC[C@H]2CC#N)cc1OC. The van der Waals surface area contributed by atoms with Crippen molar-refractivity contribution in [1.82, 2.24) is 4.90 Å². The molecule has 1 heterocycles. The van der Waals surface area contributed by atoms with Crippen molar-refractivity contribution >= 4 is 0 Å². The Bertz CT molecular complexity index is 482. The molecule has 0 unspecified atom stereocenters. The van der Waals surface area contributed by atoms with Crippen molar-refractivity contribution in [3.8, 4) is 17.6 Å². The van der Waals surface area contributed by atoms with E-state index in [9.17, 15) is 0 Å². The lowest BCUT2D eigenvalue weighted by atomic mass is 10.1. The van der Waals surface area contributed by atoms with Gasteiger partial charge in [0.1, 0.15) is 0 Å². The highest BCUT2D eigenvalue weighted by Crippen LogP contribution is 2.28. The van der Waals surface area contributed by atoms with Gasteiger partial charge in [-0.2, -0.15) is 5.26 Å². The van der Waals surface area contributed by atoms with Crippen LogP contribution in [0.15, 0.2) is 18.2 Å². The van der Waals surface area contributed by atoms with Crippen molar-refractivity contribution in [3.05, 3.63) is 23.8 Å². The van der Waals surface area contributed by atoms with E-state index < -0.39 is 0 Å². The maximum atomic E-state index is 8.85. The second kappa shape index (κ2) is 7.16. The van der Waals surface area contributed by atoms with Gasteiger partial charge in [-0.3, -0.25) is 4.90 Å². The van der Waals surface area contributed by atoms with E-state index in [1.165, 1.54) is 12.0 Å². The first-order valence-electron chi connectivity index (χ1n) is 7.10. The Labute approximate surface area is 120 Å². The zero-order valence-corrected chi connectivity index (χ0v) is 12.3. The third kappa shape index (κ3) is 3.43. The lowest BCUT2D eigenvalue weighted by molar-refractivity contribution is 0.259. The van der Waals surface area contributed by atoms with Crippen molar-refractivity contribution in [2.75, 3.05) is 27.3 Å². The monoisotopic (exact) mass is 274 g/mol. The molecule has 0 bridgehead atoms. The van der Waals surface area contributed by atoms with E-state index in [1.807, 2.05) is 12.1 Å². The molecule has 1 saturated heterocycles. The fraction of sp³-hybridized carbons (Fsp3) is 0.562. The maximum Gasteiger partial charge on any atom is 0.160 e. The van der Waals surface area contributed by atoms with Gasteiger partial charge in [0.15, 0.2) is 11.5 Å². The zero-order chi connectivity index (χ0) is 14.4. The summed E-state index contributed by atoms with van der Waals surface area (Å²) < 4.78 is 10.6. The summed E-state index contributed by atoms with van der Waals surface area (Å²) in [6.07, 6.45) is 3.98. The van der Waals surface area contributed by atoms with E-state index in [1.54, 1.807) is 14.2 Å². The minimum absolute atomic E-state index is 0.445. The molecular weight excluding hydrogens is 252 g/mol. The Balaban J connectivity index is 1.95. The molecule has 1 aromatic rings. The number of benzene rings is 1. The molecule has 1 aliphatic rings. The average Bonchev–Trinajstić information content (AvgIpc) is 2.92. The van der Waals surface area contributed by atoms with Crippen LogP contribution in [0.5, 0.6) is 11.5 Å². The van der Waals surface area contributed by atoms with Gasteiger partial charge in [0.25, 0.3) is 0 Å². The largest absolute Gasteiger partial charge is 0.493 e. The molecule has 1 fully saturated rings. The topological polar surface area (TPSA) is 45.5 Å². The summed E-state index contributed by atoms with van der Waals surface area (Å²) in [7, 11) is 3.30. The number of hydrogen-bond donors (Lipinski definition) is 0. The van der Waals surface area contributed by atoms with Gasteiger partial charge >= 0.3 is 0 Å². The molecule has 0 amide bonds. The van der Waals surface area contributed by atoms with E-state index >= 15 is 0 Å². The molecule has 108 valence electrons. The van der Waals surface area contributed by atoms with Crippen molar-refractivity contribution in [2.24, 2.45) is 0 Å². The number of nitriles is 1. The van der Waals surface area contributed by atoms with Crippen molar-refractivity contribution < 1.29 is 9.47 Å². The smallest absolute Gasteiger partial charge is 0.160 e. The third-order valence-electron chi connectivity index (χ3n) is 3.96. The maximum absolute atomic E-state index is 8.85. The van der Waals surface area contributed by atoms with E-state index in [0.29, 0.717) is 12.5 Å². The summed E-state index contributed by atoms with van der Waals surface area (Å²) in [6, 6.07) is 8.80. The molecule has 0 radical (unpaired) electrons. The number of likely N-dealkylation sites (tertiary alicyclic amines) is 1. The normalized spacial score (nSPS) is 18.8. The molecule has 0 aromatic heterocycles. The Morgan fingerprint density at radius 1 is 1.30 bits per heavy atom. The van der Waals surface area contributed by atoms with Crippen LogP contribution in [-0.4, -0.2) is 38.3 Å². The molecule has 0 N–H and O–H groups in total. The lowest BCUT2D eigenvalue weighted by Gasteiger charge is -2.22. The molecular formula is C16H22N2O2. The van der Waals surface area contributed by atoms with Crippen LogP contribution in [0.1, 0.15) is 24.8 Å². The Kier molecular flexibility index (Phi) is 5.25. The van der Waals surface area contributed by atoms with E-state index in [-0.39, 0.29) is 0 Å².